The molecule has 0 aliphatic heterocycles. The van der Waals surface area contributed by atoms with Gasteiger partial charge in [-0.15, -0.1) is 0 Å². The minimum Gasteiger partial charge on any atom is -0.465 e. The van der Waals surface area contributed by atoms with Crippen LogP contribution in [0.2, 0.25) is 0 Å². The van der Waals surface area contributed by atoms with Crippen molar-refractivity contribution in [2.75, 3.05) is 0 Å². The maximum Gasteiger partial charge on any atom is 0.408 e. The molecule has 0 fully saturated rings. The summed E-state index contributed by atoms with van der Waals surface area (Å²) in [5.41, 5.74) is 5.77. The third-order valence-corrected chi connectivity index (χ3v) is 4.73. The van der Waals surface area contributed by atoms with Crippen LogP contribution in [0.25, 0.3) is 11.6 Å². The molecule has 106 valence electrons. The van der Waals surface area contributed by atoms with Crippen LogP contribution >= 0.6 is 0 Å². The Labute approximate surface area is 123 Å². The van der Waals surface area contributed by atoms with Gasteiger partial charge in [0.05, 0.1) is 0 Å². The first-order valence-corrected chi connectivity index (χ1v) is 7.43. The molecular weight excluding hydrogens is 262 g/mol. The Morgan fingerprint density at radius 1 is 1.29 bits per heavy atom. The van der Waals surface area contributed by atoms with Gasteiger partial charge in [0, 0.05) is 11.3 Å². The second-order valence-electron chi connectivity index (χ2n) is 6.02. The highest BCUT2D eigenvalue weighted by molar-refractivity contribution is 5.85. The zero-order valence-electron chi connectivity index (χ0n) is 11.7. The lowest BCUT2D eigenvalue weighted by Gasteiger charge is -2.34. The molecule has 5 rings (SSSR count). The van der Waals surface area contributed by atoms with E-state index < -0.39 is 6.09 Å². The second-order valence-corrected chi connectivity index (χ2v) is 6.02. The third-order valence-electron chi connectivity index (χ3n) is 4.73. The van der Waals surface area contributed by atoms with Gasteiger partial charge in [-0.25, -0.2) is 4.79 Å². The smallest absolute Gasteiger partial charge is 0.408 e. The number of rotatable bonds is 1. The predicted molar refractivity (Wildman–Crippen MR) is 82.8 cm³/mol. The summed E-state index contributed by atoms with van der Waals surface area (Å²) in [5, 5.41) is 11.7. The quantitative estimate of drug-likeness (QED) is 0.811. The van der Waals surface area contributed by atoms with Gasteiger partial charge in [0.25, 0.3) is 0 Å². The Hall–Kier alpha value is -2.29. The predicted octanol–water partition coefficient (Wildman–Crippen LogP) is 4.15. The summed E-state index contributed by atoms with van der Waals surface area (Å²) in [6.07, 6.45) is 10.8. The van der Waals surface area contributed by atoms with Gasteiger partial charge in [-0.05, 0) is 47.8 Å². The topological polar surface area (TPSA) is 49.3 Å². The number of hydrogen-bond donors (Lipinski definition) is 2. The van der Waals surface area contributed by atoms with Crippen LogP contribution in [-0.2, 0) is 0 Å². The lowest BCUT2D eigenvalue weighted by molar-refractivity contribution is 0.197. The van der Waals surface area contributed by atoms with Crippen molar-refractivity contribution in [1.29, 1.82) is 0 Å². The van der Waals surface area contributed by atoms with Crippen molar-refractivity contribution in [1.82, 2.24) is 5.32 Å². The number of benzene rings is 1. The Bertz CT molecular complexity index is 712. The monoisotopic (exact) mass is 279 g/mol. The number of hydrogen-bond acceptors (Lipinski definition) is 1. The highest BCUT2D eigenvalue weighted by atomic mass is 16.4. The molecule has 1 amide bonds. The van der Waals surface area contributed by atoms with Gasteiger partial charge in [-0.2, -0.15) is 0 Å². The number of amides is 1. The summed E-state index contributed by atoms with van der Waals surface area (Å²) >= 11 is 0. The molecule has 1 aromatic carbocycles. The van der Waals surface area contributed by atoms with Crippen molar-refractivity contribution in [3.8, 4) is 0 Å². The van der Waals surface area contributed by atoms with E-state index in [9.17, 15) is 4.79 Å². The normalized spacial score (nSPS) is 25.3. The highest BCUT2D eigenvalue weighted by Crippen LogP contribution is 2.45. The Morgan fingerprint density at radius 3 is 3.05 bits per heavy atom. The lowest BCUT2D eigenvalue weighted by Crippen LogP contribution is -2.27. The first-order valence-electron chi connectivity index (χ1n) is 7.43. The number of carboxylic acid groups (broad SMARTS) is 1. The van der Waals surface area contributed by atoms with Gasteiger partial charge >= 0.3 is 6.09 Å². The first-order chi connectivity index (χ1) is 10.2. The molecule has 0 aromatic heterocycles. The van der Waals surface area contributed by atoms with Crippen LogP contribution in [-0.4, -0.2) is 11.2 Å². The Morgan fingerprint density at radius 2 is 2.19 bits per heavy atom. The minimum atomic E-state index is -0.974. The standard InChI is InChI=1S/C18H17NO2/c20-18(21)19-16-10-11-7-8-14(16)15-6-2-4-12-3-1-5-13(9-11)17(12)15/h1-4,6-8,11,13,19H,5,9-10H2,(H,20,21). The summed E-state index contributed by atoms with van der Waals surface area (Å²) in [6.45, 7) is 0. The van der Waals surface area contributed by atoms with Crippen LogP contribution in [0.1, 0.15) is 41.9 Å². The molecule has 0 spiro atoms. The van der Waals surface area contributed by atoms with Crippen molar-refractivity contribution in [3.63, 3.8) is 0 Å². The van der Waals surface area contributed by atoms with Crippen LogP contribution in [0.5, 0.6) is 0 Å². The summed E-state index contributed by atoms with van der Waals surface area (Å²) < 4.78 is 0. The molecule has 0 radical (unpaired) electrons. The molecule has 2 atom stereocenters. The van der Waals surface area contributed by atoms with E-state index in [-0.39, 0.29) is 0 Å². The fourth-order valence-corrected chi connectivity index (χ4v) is 3.91. The molecule has 1 aromatic rings. The molecule has 0 heterocycles. The number of carbonyl (C=O) groups is 1. The highest BCUT2D eigenvalue weighted by Gasteiger charge is 2.30. The number of fused-ring (bicyclic) bond motifs is 1. The Balaban J connectivity index is 1.95. The number of allylic oxidation sites excluding steroid dienone is 5. The Kier molecular flexibility index (Phi) is 2.74. The van der Waals surface area contributed by atoms with E-state index >= 15 is 0 Å². The zero-order chi connectivity index (χ0) is 14.4. The average Bonchev–Trinajstić information content (AvgIpc) is 2.44. The van der Waals surface area contributed by atoms with Crippen molar-refractivity contribution in [2.45, 2.75) is 25.2 Å². The molecule has 21 heavy (non-hydrogen) atoms. The van der Waals surface area contributed by atoms with Gasteiger partial charge in [0.1, 0.15) is 0 Å². The van der Waals surface area contributed by atoms with E-state index in [0.717, 1.165) is 30.5 Å². The van der Waals surface area contributed by atoms with Gasteiger partial charge in [0.15, 0.2) is 0 Å². The van der Waals surface area contributed by atoms with Crippen molar-refractivity contribution >= 4 is 17.7 Å². The van der Waals surface area contributed by atoms with Gasteiger partial charge in [-0.3, -0.25) is 5.32 Å². The van der Waals surface area contributed by atoms with E-state index in [4.69, 9.17) is 5.11 Å². The van der Waals surface area contributed by atoms with Gasteiger partial charge in [0.2, 0.25) is 0 Å². The molecule has 0 saturated heterocycles. The van der Waals surface area contributed by atoms with Crippen LogP contribution in [0, 0.1) is 5.92 Å². The summed E-state index contributed by atoms with van der Waals surface area (Å²) in [4.78, 5) is 11.1. The largest absolute Gasteiger partial charge is 0.465 e. The number of nitrogens with one attached hydrogen (secondary N) is 1. The first kappa shape index (κ1) is 12.5. The third kappa shape index (κ3) is 2.00. The molecule has 2 N–H and O–H groups in total. The van der Waals surface area contributed by atoms with E-state index in [1.807, 2.05) is 0 Å². The van der Waals surface area contributed by atoms with Gasteiger partial charge < -0.3 is 5.11 Å². The van der Waals surface area contributed by atoms with E-state index in [0.29, 0.717) is 11.8 Å². The summed E-state index contributed by atoms with van der Waals surface area (Å²) in [7, 11) is 0. The molecule has 4 aliphatic rings. The van der Waals surface area contributed by atoms with Crippen LogP contribution in [0.15, 0.2) is 42.1 Å². The SMILES string of the molecule is O=C(O)NC1=C2C=CC(C1)CC1CC=Cc3cccc2c31. The van der Waals surface area contributed by atoms with Crippen molar-refractivity contribution < 1.29 is 9.90 Å². The fraction of sp³-hybridized carbons (Fsp3) is 0.278. The fourth-order valence-electron chi connectivity index (χ4n) is 3.91. The molecule has 2 unspecified atom stereocenters. The van der Waals surface area contributed by atoms with E-state index in [2.05, 4.69) is 47.8 Å². The van der Waals surface area contributed by atoms with Crippen molar-refractivity contribution in [3.05, 3.63) is 58.8 Å². The lowest BCUT2D eigenvalue weighted by atomic mass is 9.72. The maximum atomic E-state index is 11.1. The van der Waals surface area contributed by atoms with Crippen LogP contribution < -0.4 is 5.32 Å². The zero-order valence-corrected chi connectivity index (χ0v) is 11.7. The summed E-state index contributed by atoms with van der Waals surface area (Å²) in [5.74, 6) is 0.978. The molecule has 3 nitrogen and oxygen atoms in total. The molecule has 0 saturated carbocycles. The van der Waals surface area contributed by atoms with Crippen molar-refractivity contribution in [2.24, 2.45) is 5.92 Å². The van der Waals surface area contributed by atoms with Gasteiger partial charge in [-0.1, -0.05) is 42.5 Å². The van der Waals surface area contributed by atoms with Crippen LogP contribution in [0.4, 0.5) is 4.79 Å². The second kappa shape index (κ2) is 4.62. The van der Waals surface area contributed by atoms with E-state index in [1.165, 1.54) is 16.7 Å². The minimum absolute atomic E-state index is 0.424. The summed E-state index contributed by atoms with van der Waals surface area (Å²) in [6, 6.07) is 6.35. The maximum absolute atomic E-state index is 11.1. The average molecular weight is 279 g/mol. The van der Waals surface area contributed by atoms with E-state index in [1.54, 1.807) is 0 Å². The molecule has 2 bridgehead atoms. The molecule has 3 heteroatoms. The molecular formula is C18H17NO2. The molecule has 4 aliphatic carbocycles. The van der Waals surface area contributed by atoms with Crippen LogP contribution in [0.3, 0.4) is 0 Å².